The van der Waals surface area contributed by atoms with Gasteiger partial charge >= 0.3 is 5.97 Å². The third kappa shape index (κ3) is 4.86. The van der Waals surface area contributed by atoms with Crippen LogP contribution in [0.1, 0.15) is 39.6 Å². The van der Waals surface area contributed by atoms with Gasteiger partial charge in [0.15, 0.2) is 17.2 Å². The van der Waals surface area contributed by atoms with Crippen LogP contribution < -0.4 is 24.4 Å². The Morgan fingerprint density at radius 3 is 2.33 bits per heavy atom. The number of benzene rings is 2. The first-order chi connectivity index (χ1) is 17.4. The van der Waals surface area contributed by atoms with E-state index in [9.17, 15) is 9.59 Å². The van der Waals surface area contributed by atoms with E-state index < -0.39 is 12.1 Å². The maximum atomic E-state index is 13.2. The number of hydrogen-bond donors (Lipinski definition) is 0. The number of esters is 1. The van der Waals surface area contributed by atoms with Gasteiger partial charge in [-0.15, -0.1) is 0 Å². The molecule has 8 heteroatoms. The van der Waals surface area contributed by atoms with Crippen LogP contribution in [0.5, 0.6) is 23.0 Å². The standard InChI is InChI=1S/C28H27IO7/c1-32-23-11-9-19-20(14-21(23)30)22(36-28(31)18-7-5-6-16(12-18)15-29)10-8-17-13-24(33-2)26(34-3)27(35-4)25(17)19/h5-7,9,11-14,22H,8,10,15H2,1-4H3/t22-/m0/s1. The van der Waals surface area contributed by atoms with E-state index in [0.29, 0.717) is 46.8 Å². The zero-order chi connectivity index (χ0) is 25.8. The molecule has 3 aromatic rings. The van der Waals surface area contributed by atoms with Gasteiger partial charge in [-0.1, -0.05) is 34.7 Å². The first-order valence-electron chi connectivity index (χ1n) is 11.4. The van der Waals surface area contributed by atoms with Crippen LogP contribution in [0, 0.1) is 0 Å². The van der Waals surface area contributed by atoms with Gasteiger partial charge in [0.05, 0.1) is 34.0 Å². The normalized spacial score (nSPS) is 14.1. The van der Waals surface area contributed by atoms with Gasteiger partial charge in [-0.25, -0.2) is 4.79 Å². The fraction of sp³-hybridized carbons (Fsp3) is 0.286. The van der Waals surface area contributed by atoms with Crippen LogP contribution in [-0.2, 0) is 15.6 Å². The minimum absolute atomic E-state index is 0.184. The molecule has 3 aromatic carbocycles. The number of carbonyl (C=O) groups is 1. The molecule has 1 aliphatic rings. The molecule has 0 N–H and O–H groups in total. The van der Waals surface area contributed by atoms with E-state index in [1.54, 1.807) is 39.5 Å². The Hall–Kier alpha value is -3.27. The summed E-state index contributed by atoms with van der Waals surface area (Å²) in [6, 6.07) is 14.2. The Balaban J connectivity index is 1.91. The predicted octanol–water partition coefficient (Wildman–Crippen LogP) is 5.53. The average Bonchev–Trinajstić information content (AvgIpc) is 3.15. The zero-order valence-corrected chi connectivity index (χ0v) is 22.7. The van der Waals surface area contributed by atoms with Gasteiger partial charge in [0, 0.05) is 15.6 Å². The molecule has 1 aliphatic carbocycles. The number of hydrogen-bond acceptors (Lipinski definition) is 7. The third-order valence-corrected chi connectivity index (χ3v) is 7.11. The Bertz CT molecular complexity index is 1350. The van der Waals surface area contributed by atoms with Crippen LogP contribution in [-0.4, -0.2) is 34.4 Å². The second-order valence-electron chi connectivity index (χ2n) is 8.23. The van der Waals surface area contributed by atoms with Gasteiger partial charge < -0.3 is 23.7 Å². The van der Waals surface area contributed by atoms with Crippen molar-refractivity contribution in [1.29, 1.82) is 0 Å². The van der Waals surface area contributed by atoms with E-state index >= 15 is 0 Å². The lowest BCUT2D eigenvalue weighted by Gasteiger charge is -2.19. The molecule has 0 amide bonds. The van der Waals surface area contributed by atoms with Gasteiger partial charge in [0.1, 0.15) is 6.10 Å². The minimum Gasteiger partial charge on any atom is -0.493 e. The molecule has 0 aromatic heterocycles. The molecule has 0 saturated carbocycles. The van der Waals surface area contributed by atoms with Crippen molar-refractivity contribution in [3.8, 4) is 34.1 Å². The summed E-state index contributed by atoms with van der Waals surface area (Å²) in [5, 5.41) is 0. The molecule has 188 valence electrons. The second-order valence-corrected chi connectivity index (χ2v) is 8.99. The van der Waals surface area contributed by atoms with E-state index in [2.05, 4.69) is 22.6 Å². The lowest BCUT2D eigenvalue weighted by atomic mass is 9.96. The van der Waals surface area contributed by atoms with Crippen molar-refractivity contribution in [1.82, 2.24) is 0 Å². The molecule has 0 heterocycles. The first-order valence-corrected chi connectivity index (χ1v) is 12.9. The van der Waals surface area contributed by atoms with E-state index in [1.807, 2.05) is 24.3 Å². The Kier molecular flexibility index (Phi) is 8.03. The molecule has 0 unspecified atom stereocenters. The van der Waals surface area contributed by atoms with Crippen LogP contribution in [0.15, 0.2) is 53.3 Å². The minimum atomic E-state index is -0.672. The number of rotatable bonds is 7. The molecule has 0 radical (unpaired) electrons. The molecule has 0 bridgehead atoms. The third-order valence-electron chi connectivity index (χ3n) is 6.23. The van der Waals surface area contributed by atoms with Crippen molar-refractivity contribution < 1.29 is 28.5 Å². The van der Waals surface area contributed by atoms with Crippen molar-refractivity contribution in [2.24, 2.45) is 0 Å². The maximum Gasteiger partial charge on any atom is 0.338 e. The highest BCUT2D eigenvalue weighted by Gasteiger charge is 2.31. The Morgan fingerprint density at radius 1 is 0.917 bits per heavy atom. The van der Waals surface area contributed by atoms with Crippen molar-refractivity contribution in [3.05, 3.63) is 81.0 Å². The summed E-state index contributed by atoms with van der Waals surface area (Å²) in [4.78, 5) is 26.2. The summed E-state index contributed by atoms with van der Waals surface area (Å²) < 4.78 is 29.1. The highest BCUT2D eigenvalue weighted by atomic mass is 127. The monoisotopic (exact) mass is 602 g/mol. The number of ether oxygens (including phenoxy) is 5. The molecular weight excluding hydrogens is 575 g/mol. The van der Waals surface area contributed by atoms with Gasteiger partial charge in [-0.05, 0) is 65.9 Å². The smallest absolute Gasteiger partial charge is 0.338 e. The molecule has 1 atom stereocenters. The lowest BCUT2D eigenvalue weighted by Crippen LogP contribution is -2.13. The molecule has 36 heavy (non-hydrogen) atoms. The Labute approximate surface area is 223 Å². The summed E-state index contributed by atoms with van der Waals surface area (Å²) in [6.45, 7) is 0. The van der Waals surface area contributed by atoms with Crippen LogP contribution in [0.4, 0.5) is 0 Å². The van der Waals surface area contributed by atoms with Crippen LogP contribution in [0.2, 0.25) is 0 Å². The van der Waals surface area contributed by atoms with E-state index in [0.717, 1.165) is 21.1 Å². The summed E-state index contributed by atoms with van der Waals surface area (Å²) in [5.41, 5.74) is 4.14. The largest absolute Gasteiger partial charge is 0.493 e. The first kappa shape index (κ1) is 25.8. The number of aryl methyl sites for hydroxylation is 1. The van der Waals surface area contributed by atoms with Gasteiger partial charge in [0.2, 0.25) is 11.2 Å². The van der Waals surface area contributed by atoms with Crippen molar-refractivity contribution in [2.75, 3.05) is 28.4 Å². The van der Waals surface area contributed by atoms with E-state index in [-0.39, 0.29) is 11.2 Å². The molecular formula is C28H27IO7. The fourth-order valence-corrected chi connectivity index (χ4v) is 5.01. The summed E-state index contributed by atoms with van der Waals surface area (Å²) in [6.07, 6.45) is 0.346. The molecule has 0 saturated heterocycles. The van der Waals surface area contributed by atoms with Gasteiger partial charge in [-0.2, -0.15) is 0 Å². The predicted molar refractivity (Wildman–Crippen MR) is 145 cm³/mol. The zero-order valence-electron chi connectivity index (χ0n) is 20.6. The van der Waals surface area contributed by atoms with Crippen molar-refractivity contribution in [3.63, 3.8) is 0 Å². The molecule has 0 aliphatic heterocycles. The topological polar surface area (TPSA) is 80.3 Å². The van der Waals surface area contributed by atoms with E-state index in [1.165, 1.54) is 13.2 Å². The molecule has 7 nitrogen and oxygen atoms in total. The molecule has 0 fully saturated rings. The quantitative estimate of drug-likeness (QED) is 0.200. The highest BCUT2D eigenvalue weighted by Crippen LogP contribution is 2.50. The molecule has 4 rings (SSSR count). The highest BCUT2D eigenvalue weighted by molar-refractivity contribution is 14.1. The number of carbonyl (C=O) groups excluding carboxylic acids is 1. The number of halogens is 1. The maximum absolute atomic E-state index is 13.2. The van der Waals surface area contributed by atoms with Gasteiger partial charge in [-0.3, -0.25) is 4.79 Å². The van der Waals surface area contributed by atoms with E-state index in [4.69, 9.17) is 23.7 Å². The van der Waals surface area contributed by atoms with Crippen LogP contribution >= 0.6 is 22.6 Å². The van der Waals surface area contributed by atoms with Gasteiger partial charge in [0.25, 0.3) is 0 Å². The lowest BCUT2D eigenvalue weighted by molar-refractivity contribution is 0.0280. The summed E-state index contributed by atoms with van der Waals surface area (Å²) >= 11 is 2.25. The SMILES string of the molecule is COc1cc2c(c(OC)c1OC)-c1ccc(OC)c(=O)cc1[C@@H](OC(=O)c1cccc(CI)c1)CC2. The summed E-state index contributed by atoms with van der Waals surface area (Å²) in [7, 11) is 6.12. The fourth-order valence-electron chi connectivity index (χ4n) is 4.53. The number of methoxy groups -OCH3 is 4. The second kappa shape index (κ2) is 11.2. The van der Waals surface area contributed by atoms with Crippen molar-refractivity contribution >= 4 is 28.6 Å². The van der Waals surface area contributed by atoms with Crippen LogP contribution in [0.25, 0.3) is 11.1 Å². The van der Waals surface area contributed by atoms with Crippen molar-refractivity contribution in [2.45, 2.75) is 23.4 Å². The number of alkyl halides is 1. The molecule has 0 spiro atoms. The summed E-state index contributed by atoms with van der Waals surface area (Å²) in [5.74, 6) is 1.19. The Morgan fingerprint density at radius 2 is 1.67 bits per heavy atom. The number of fused-ring (bicyclic) bond motifs is 3. The average molecular weight is 602 g/mol. The van der Waals surface area contributed by atoms with Crippen LogP contribution in [0.3, 0.4) is 0 Å².